The van der Waals surface area contributed by atoms with Crippen molar-refractivity contribution in [1.82, 2.24) is 0 Å². The van der Waals surface area contributed by atoms with E-state index in [2.05, 4.69) is 6.58 Å². The highest BCUT2D eigenvalue weighted by Gasteiger charge is 2.39. The molecule has 3 heteroatoms. The van der Waals surface area contributed by atoms with E-state index in [1.54, 1.807) is 6.08 Å². The molecule has 1 aliphatic rings. The van der Waals surface area contributed by atoms with Crippen LogP contribution in [0.5, 0.6) is 0 Å². The standard InChI is InChI=1S/C10H18O3/c1-5-8-7(2)9(6-11)13-10(3,4)12-8/h5,7-9,11H,1,6H2,2-4H3/t7?,8-,9-/m1/s1. The summed E-state index contributed by atoms with van der Waals surface area (Å²) in [6.07, 6.45) is 1.56. The zero-order valence-electron chi connectivity index (χ0n) is 8.49. The van der Waals surface area contributed by atoms with E-state index in [4.69, 9.17) is 14.6 Å². The van der Waals surface area contributed by atoms with Crippen molar-refractivity contribution in [3.05, 3.63) is 12.7 Å². The average Bonchev–Trinajstić information content (AvgIpc) is 2.08. The summed E-state index contributed by atoms with van der Waals surface area (Å²) in [5.74, 6) is -0.478. The van der Waals surface area contributed by atoms with E-state index in [0.29, 0.717) is 0 Å². The smallest absolute Gasteiger partial charge is 0.164 e. The fourth-order valence-electron chi connectivity index (χ4n) is 1.61. The lowest BCUT2D eigenvalue weighted by molar-refractivity contribution is -0.313. The minimum atomic E-state index is -0.626. The molecule has 3 nitrogen and oxygen atoms in total. The summed E-state index contributed by atoms with van der Waals surface area (Å²) in [4.78, 5) is 0. The molecule has 1 rings (SSSR count). The molecule has 76 valence electrons. The van der Waals surface area contributed by atoms with Gasteiger partial charge in [-0.2, -0.15) is 0 Å². The highest BCUT2D eigenvalue weighted by molar-refractivity contribution is 4.92. The third kappa shape index (κ3) is 2.30. The highest BCUT2D eigenvalue weighted by Crippen LogP contribution is 2.30. The largest absolute Gasteiger partial charge is 0.394 e. The maximum absolute atomic E-state index is 9.09. The van der Waals surface area contributed by atoms with Gasteiger partial charge in [-0.15, -0.1) is 6.58 Å². The predicted molar refractivity (Wildman–Crippen MR) is 50.3 cm³/mol. The van der Waals surface area contributed by atoms with Gasteiger partial charge in [0.05, 0.1) is 18.8 Å². The van der Waals surface area contributed by atoms with Crippen LogP contribution in [0.4, 0.5) is 0 Å². The van der Waals surface area contributed by atoms with Crippen molar-refractivity contribution in [2.75, 3.05) is 6.61 Å². The Balaban J connectivity index is 2.74. The van der Waals surface area contributed by atoms with E-state index >= 15 is 0 Å². The number of hydrogen-bond acceptors (Lipinski definition) is 3. The fourth-order valence-corrected chi connectivity index (χ4v) is 1.61. The lowest BCUT2D eigenvalue weighted by Gasteiger charge is -2.43. The molecule has 1 aliphatic heterocycles. The third-order valence-electron chi connectivity index (χ3n) is 2.37. The molecule has 0 aromatic carbocycles. The molecule has 1 unspecified atom stereocenters. The second kappa shape index (κ2) is 3.78. The van der Waals surface area contributed by atoms with Crippen LogP contribution >= 0.6 is 0 Å². The lowest BCUT2D eigenvalue weighted by Crippen LogP contribution is -2.50. The second-order valence-corrected chi connectivity index (χ2v) is 3.92. The van der Waals surface area contributed by atoms with Crippen molar-refractivity contribution in [1.29, 1.82) is 0 Å². The quantitative estimate of drug-likeness (QED) is 0.661. The molecule has 0 aromatic heterocycles. The first-order valence-corrected chi connectivity index (χ1v) is 4.59. The third-order valence-corrected chi connectivity index (χ3v) is 2.37. The van der Waals surface area contributed by atoms with E-state index in [1.807, 2.05) is 20.8 Å². The summed E-state index contributed by atoms with van der Waals surface area (Å²) in [7, 11) is 0. The molecule has 0 aliphatic carbocycles. The van der Waals surface area contributed by atoms with E-state index in [1.165, 1.54) is 0 Å². The van der Waals surface area contributed by atoms with E-state index in [0.717, 1.165) is 0 Å². The maximum atomic E-state index is 9.09. The fraction of sp³-hybridized carbons (Fsp3) is 0.800. The minimum absolute atomic E-state index is 0.0261. The van der Waals surface area contributed by atoms with Gasteiger partial charge in [0, 0.05) is 5.92 Å². The Kier molecular flexibility index (Phi) is 3.11. The van der Waals surface area contributed by atoms with Gasteiger partial charge < -0.3 is 14.6 Å². The summed E-state index contributed by atoms with van der Waals surface area (Å²) in [5, 5.41) is 9.09. The molecular formula is C10H18O3. The van der Waals surface area contributed by atoms with Crippen LogP contribution in [0.2, 0.25) is 0 Å². The Hall–Kier alpha value is -0.380. The van der Waals surface area contributed by atoms with Crippen molar-refractivity contribution in [2.24, 2.45) is 5.92 Å². The van der Waals surface area contributed by atoms with Gasteiger partial charge in [-0.3, -0.25) is 0 Å². The van der Waals surface area contributed by atoms with Crippen molar-refractivity contribution < 1.29 is 14.6 Å². The van der Waals surface area contributed by atoms with Crippen LogP contribution in [0.1, 0.15) is 20.8 Å². The Morgan fingerprint density at radius 3 is 2.54 bits per heavy atom. The molecular weight excluding hydrogens is 168 g/mol. The number of rotatable bonds is 2. The monoisotopic (exact) mass is 186 g/mol. The molecule has 1 saturated heterocycles. The van der Waals surface area contributed by atoms with Crippen molar-refractivity contribution in [3.8, 4) is 0 Å². The van der Waals surface area contributed by atoms with Gasteiger partial charge in [-0.25, -0.2) is 0 Å². The number of aliphatic hydroxyl groups is 1. The van der Waals surface area contributed by atoms with Crippen LogP contribution in [0.25, 0.3) is 0 Å². The van der Waals surface area contributed by atoms with Crippen LogP contribution in [0.3, 0.4) is 0 Å². The highest BCUT2D eigenvalue weighted by atomic mass is 16.7. The summed E-state index contributed by atoms with van der Waals surface area (Å²) >= 11 is 0. The molecule has 0 aromatic rings. The Morgan fingerprint density at radius 1 is 1.46 bits per heavy atom. The minimum Gasteiger partial charge on any atom is -0.394 e. The first-order valence-electron chi connectivity index (χ1n) is 4.59. The van der Waals surface area contributed by atoms with Gasteiger partial charge in [-0.1, -0.05) is 13.0 Å². The zero-order chi connectivity index (χ0) is 10.1. The van der Waals surface area contributed by atoms with Gasteiger partial charge in [-0.05, 0) is 13.8 Å². The SMILES string of the molecule is C=C[C@H]1OC(C)(C)O[C@H](CO)C1C. The van der Waals surface area contributed by atoms with Gasteiger partial charge in [0.15, 0.2) is 5.79 Å². The predicted octanol–water partition coefficient (Wildman–Crippen LogP) is 1.32. The molecule has 0 amide bonds. The van der Waals surface area contributed by atoms with E-state index < -0.39 is 5.79 Å². The molecule has 13 heavy (non-hydrogen) atoms. The van der Waals surface area contributed by atoms with Crippen molar-refractivity contribution in [3.63, 3.8) is 0 Å². The Labute approximate surface area is 79.3 Å². The Morgan fingerprint density at radius 2 is 2.08 bits per heavy atom. The summed E-state index contributed by atoms with van der Waals surface area (Å²) < 4.78 is 11.2. The van der Waals surface area contributed by atoms with Crippen LogP contribution in [-0.2, 0) is 9.47 Å². The van der Waals surface area contributed by atoms with E-state index in [9.17, 15) is 0 Å². The second-order valence-electron chi connectivity index (χ2n) is 3.92. The van der Waals surface area contributed by atoms with E-state index in [-0.39, 0.29) is 24.7 Å². The first kappa shape index (κ1) is 10.7. The number of aliphatic hydroxyl groups excluding tert-OH is 1. The van der Waals surface area contributed by atoms with Crippen LogP contribution in [0.15, 0.2) is 12.7 Å². The molecule has 0 bridgehead atoms. The van der Waals surface area contributed by atoms with Crippen LogP contribution in [-0.4, -0.2) is 29.7 Å². The molecule has 1 heterocycles. The van der Waals surface area contributed by atoms with Crippen molar-refractivity contribution in [2.45, 2.75) is 38.8 Å². The summed E-state index contributed by atoms with van der Waals surface area (Å²) in [6.45, 7) is 9.41. The molecule has 0 radical (unpaired) electrons. The molecule has 1 N–H and O–H groups in total. The van der Waals surface area contributed by atoms with Gasteiger partial charge in [0.2, 0.25) is 0 Å². The average molecular weight is 186 g/mol. The lowest BCUT2D eigenvalue weighted by atomic mass is 9.96. The van der Waals surface area contributed by atoms with Crippen LogP contribution in [0, 0.1) is 5.92 Å². The summed E-state index contributed by atoms with van der Waals surface area (Å²) in [6, 6.07) is 0. The molecule has 1 fully saturated rings. The normalized spacial score (nSPS) is 38.6. The van der Waals surface area contributed by atoms with Gasteiger partial charge >= 0.3 is 0 Å². The first-order chi connectivity index (χ1) is 6.00. The maximum Gasteiger partial charge on any atom is 0.164 e. The molecule has 0 saturated carbocycles. The molecule has 0 spiro atoms. The van der Waals surface area contributed by atoms with Crippen molar-refractivity contribution >= 4 is 0 Å². The number of hydrogen-bond donors (Lipinski definition) is 1. The molecule has 3 atom stereocenters. The summed E-state index contributed by atoms with van der Waals surface area (Å²) in [5.41, 5.74) is 0. The van der Waals surface area contributed by atoms with Gasteiger partial charge in [0.1, 0.15) is 0 Å². The van der Waals surface area contributed by atoms with Gasteiger partial charge in [0.25, 0.3) is 0 Å². The topological polar surface area (TPSA) is 38.7 Å². The number of ether oxygens (including phenoxy) is 2. The zero-order valence-corrected chi connectivity index (χ0v) is 8.49. The Bertz CT molecular complexity index is 189. The van der Waals surface area contributed by atoms with Crippen LogP contribution < -0.4 is 0 Å².